The number of pyridine rings is 1. The van der Waals surface area contributed by atoms with E-state index in [1.807, 2.05) is 24.4 Å². The fraction of sp³-hybridized carbons (Fsp3) is 0.438. The predicted octanol–water partition coefficient (Wildman–Crippen LogP) is 3.84. The molecule has 100 valence electrons. The summed E-state index contributed by atoms with van der Waals surface area (Å²) < 4.78 is 5.42. The van der Waals surface area contributed by atoms with Crippen LogP contribution in [0.25, 0.3) is 10.8 Å². The van der Waals surface area contributed by atoms with E-state index in [1.165, 1.54) is 12.8 Å². The largest absolute Gasteiger partial charge is 0.496 e. The van der Waals surface area contributed by atoms with Crippen molar-refractivity contribution in [2.24, 2.45) is 5.92 Å². The van der Waals surface area contributed by atoms with E-state index in [1.54, 1.807) is 7.11 Å². The number of anilines is 1. The second kappa shape index (κ2) is 4.41. The van der Waals surface area contributed by atoms with Crippen molar-refractivity contribution in [3.05, 3.63) is 30.5 Å². The molecule has 1 aromatic carbocycles. The number of nitrogens with zero attached hydrogens (tertiary/aromatic N) is 1. The number of aromatic nitrogens is 1. The van der Waals surface area contributed by atoms with Gasteiger partial charge in [0.1, 0.15) is 11.6 Å². The Kier molecular flexibility index (Phi) is 2.85. The van der Waals surface area contributed by atoms with Gasteiger partial charge >= 0.3 is 0 Å². The van der Waals surface area contributed by atoms with E-state index >= 15 is 0 Å². The number of rotatable bonds is 4. The average Bonchev–Trinajstić information content (AvgIpc) is 3.23. The highest BCUT2D eigenvalue weighted by Gasteiger charge is 2.38. The summed E-state index contributed by atoms with van der Waals surface area (Å²) in [5, 5.41) is 5.83. The van der Waals surface area contributed by atoms with E-state index in [0.29, 0.717) is 0 Å². The highest BCUT2D eigenvalue weighted by atomic mass is 16.5. The normalized spacial score (nSPS) is 15.5. The molecule has 1 fully saturated rings. The Bertz CT molecular complexity index is 603. The molecular formula is C16H20N2O. The van der Waals surface area contributed by atoms with Crippen molar-refractivity contribution in [1.29, 1.82) is 0 Å². The molecule has 1 saturated carbocycles. The maximum Gasteiger partial charge on any atom is 0.134 e. The zero-order valence-electron chi connectivity index (χ0n) is 11.7. The molecule has 19 heavy (non-hydrogen) atoms. The Balaban J connectivity index is 2.04. The predicted molar refractivity (Wildman–Crippen MR) is 78.7 cm³/mol. The molecule has 0 radical (unpaired) electrons. The first-order chi connectivity index (χ1) is 9.12. The maximum atomic E-state index is 5.42. The monoisotopic (exact) mass is 256 g/mol. The topological polar surface area (TPSA) is 34.1 Å². The van der Waals surface area contributed by atoms with Crippen LogP contribution in [0.4, 0.5) is 5.82 Å². The first-order valence-corrected chi connectivity index (χ1v) is 6.82. The summed E-state index contributed by atoms with van der Waals surface area (Å²) in [5.74, 6) is 2.61. The molecule has 0 unspecified atom stereocenters. The van der Waals surface area contributed by atoms with Gasteiger partial charge in [-0.2, -0.15) is 0 Å². The molecule has 3 heteroatoms. The maximum absolute atomic E-state index is 5.42. The lowest BCUT2D eigenvalue weighted by Crippen LogP contribution is -2.33. The Hall–Kier alpha value is -1.77. The first-order valence-electron chi connectivity index (χ1n) is 6.82. The van der Waals surface area contributed by atoms with Gasteiger partial charge in [0.25, 0.3) is 0 Å². The molecule has 0 bridgehead atoms. The van der Waals surface area contributed by atoms with Crippen molar-refractivity contribution in [2.45, 2.75) is 32.2 Å². The number of fused-ring (bicyclic) bond motifs is 1. The summed E-state index contributed by atoms with van der Waals surface area (Å²) >= 11 is 0. The van der Waals surface area contributed by atoms with Gasteiger partial charge in [0.05, 0.1) is 7.11 Å². The van der Waals surface area contributed by atoms with Crippen LogP contribution in [-0.4, -0.2) is 17.6 Å². The van der Waals surface area contributed by atoms with E-state index in [2.05, 4.69) is 30.2 Å². The number of ether oxygens (including phenoxy) is 1. The van der Waals surface area contributed by atoms with Gasteiger partial charge in [-0.15, -0.1) is 0 Å². The zero-order valence-corrected chi connectivity index (χ0v) is 11.7. The van der Waals surface area contributed by atoms with Crippen LogP contribution in [0, 0.1) is 5.92 Å². The minimum atomic E-state index is 0.102. The van der Waals surface area contributed by atoms with Crippen LogP contribution in [0.3, 0.4) is 0 Å². The van der Waals surface area contributed by atoms with Crippen molar-refractivity contribution in [3.8, 4) is 5.75 Å². The van der Waals surface area contributed by atoms with Crippen LogP contribution in [0.1, 0.15) is 26.7 Å². The standard InChI is InChI=1S/C16H20N2O/c1-16(2,11-7-8-11)18-15-13-5-4-6-14(19-3)12(13)9-10-17-15/h4-6,9-11H,7-8H2,1-3H3,(H,17,18). The molecule has 3 rings (SSSR count). The number of methoxy groups -OCH3 is 1. The summed E-state index contributed by atoms with van der Waals surface area (Å²) in [6, 6.07) is 8.09. The molecule has 2 aromatic rings. The number of hydrogen-bond acceptors (Lipinski definition) is 3. The third-order valence-electron chi connectivity index (χ3n) is 4.02. The van der Waals surface area contributed by atoms with Crippen LogP contribution in [0.15, 0.2) is 30.5 Å². The van der Waals surface area contributed by atoms with Gasteiger partial charge in [0, 0.05) is 22.5 Å². The van der Waals surface area contributed by atoms with Crippen molar-refractivity contribution in [2.75, 3.05) is 12.4 Å². The second-order valence-electron chi connectivity index (χ2n) is 5.84. The summed E-state index contributed by atoms with van der Waals surface area (Å²) in [6.45, 7) is 4.51. The zero-order chi connectivity index (χ0) is 13.5. The SMILES string of the molecule is COc1cccc2c(NC(C)(C)C3CC3)nccc12. The lowest BCUT2D eigenvalue weighted by Gasteiger charge is -2.27. The lowest BCUT2D eigenvalue weighted by molar-refractivity contribution is 0.420. The van der Waals surface area contributed by atoms with Gasteiger partial charge in [-0.05, 0) is 44.7 Å². The lowest BCUT2D eigenvalue weighted by atomic mass is 9.98. The van der Waals surface area contributed by atoms with E-state index < -0.39 is 0 Å². The molecule has 0 aliphatic heterocycles. The molecule has 1 N–H and O–H groups in total. The minimum Gasteiger partial charge on any atom is -0.496 e. The molecule has 0 atom stereocenters. The van der Waals surface area contributed by atoms with Crippen molar-refractivity contribution in [3.63, 3.8) is 0 Å². The van der Waals surface area contributed by atoms with E-state index in [9.17, 15) is 0 Å². The summed E-state index contributed by atoms with van der Waals surface area (Å²) in [5.41, 5.74) is 0.102. The van der Waals surface area contributed by atoms with Gasteiger partial charge in [0.15, 0.2) is 0 Å². The van der Waals surface area contributed by atoms with Crippen LogP contribution < -0.4 is 10.1 Å². The highest BCUT2D eigenvalue weighted by Crippen LogP contribution is 2.41. The molecule has 1 heterocycles. The quantitative estimate of drug-likeness (QED) is 0.902. The number of benzene rings is 1. The van der Waals surface area contributed by atoms with E-state index in [4.69, 9.17) is 4.74 Å². The average molecular weight is 256 g/mol. The Morgan fingerprint density at radius 2 is 2.00 bits per heavy atom. The van der Waals surface area contributed by atoms with Gasteiger partial charge in [-0.25, -0.2) is 4.98 Å². The Morgan fingerprint density at radius 1 is 1.21 bits per heavy atom. The number of nitrogens with one attached hydrogen (secondary N) is 1. The summed E-state index contributed by atoms with van der Waals surface area (Å²) in [4.78, 5) is 4.51. The van der Waals surface area contributed by atoms with Gasteiger partial charge in [0.2, 0.25) is 0 Å². The molecule has 0 spiro atoms. The minimum absolute atomic E-state index is 0.102. The third kappa shape index (κ3) is 2.25. The molecule has 0 saturated heterocycles. The Labute approximate surface area is 114 Å². The first kappa shape index (κ1) is 12.3. The molecule has 1 aromatic heterocycles. The van der Waals surface area contributed by atoms with Crippen LogP contribution in [-0.2, 0) is 0 Å². The van der Waals surface area contributed by atoms with E-state index in [0.717, 1.165) is 28.3 Å². The van der Waals surface area contributed by atoms with Crippen molar-refractivity contribution in [1.82, 2.24) is 4.98 Å². The van der Waals surface area contributed by atoms with Crippen molar-refractivity contribution < 1.29 is 4.74 Å². The van der Waals surface area contributed by atoms with Crippen LogP contribution >= 0.6 is 0 Å². The van der Waals surface area contributed by atoms with Crippen molar-refractivity contribution >= 4 is 16.6 Å². The fourth-order valence-electron chi connectivity index (χ4n) is 2.67. The third-order valence-corrected chi connectivity index (χ3v) is 4.02. The summed E-state index contributed by atoms with van der Waals surface area (Å²) in [7, 11) is 1.70. The Morgan fingerprint density at radius 3 is 2.68 bits per heavy atom. The molecule has 3 nitrogen and oxygen atoms in total. The fourth-order valence-corrected chi connectivity index (χ4v) is 2.67. The molecule has 0 amide bonds. The highest BCUT2D eigenvalue weighted by molar-refractivity contribution is 5.96. The number of hydrogen-bond donors (Lipinski definition) is 1. The molecule has 1 aliphatic carbocycles. The molecule has 1 aliphatic rings. The van der Waals surface area contributed by atoms with Crippen LogP contribution in [0.5, 0.6) is 5.75 Å². The molecular weight excluding hydrogens is 236 g/mol. The van der Waals surface area contributed by atoms with Gasteiger partial charge in [-0.1, -0.05) is 12.1 Å². The summed E-state index contributed by atoms with van der Waals surface area (Å²) in [6.07, 6.45) is 4.47. The second-order valence-corrected chi connectivity index (χ2v) is 5.84. The smallest absolute Gasteiger partial charge is 0.134 e. The van der Waals surface area contributed by atoms with E-state index in [-0.39, 0.29) is 5.54 Å². The van der Waals surface area contributed by atoms with Gasteiger partial charge in [-0.3, -0.25) is 0 Å². The van der Waals surface area contributed by atoms with Gasteiger partial charge < -0.3 is 10.1 Å². The van der Waals surface area contributed by atoms with Crippen LogP contribution in [0.2, 0.25) is 0 Å².